The van der Waals surface area contributed by atoms with Crippen LogP contribution in [-0.4, -0.2) is 21.5 Å². The Morgan fingerprint density at radius 2 is 1.88 bits per heavy atom. The predicted octanol–water partition coefficient (Wildman–Crippen LogP) is 0.982. The van der Waals surface area contributed by atoms with Crippen LogP contribution in [0.5, 0.6) is 0 Å². The van der Waals surface area contributed by atoms with Gasteiger partial charge in [0.1, 0.15) is 0 Å². The molecule has 1 aromatic carbocycles. The molecular formula is C10H14F2N2O2S. The van der Waals surface area contributed by atoms with E-state index in [1.807, 2.05) is 0 Å². The van der Waals surface area contributed by atoms with Gasteiger partial charge < -0.3 is 5.73 Å². The zero-order valence-corrected chi connectivity index (χ0v) is 9.93. The molecule has 0 aliphatic carbocycles. The summed E-state index contributed by atoms with van der Waals surface area (Å²) in [5.41, 5.74) is 5.26. The number of nitrogens with two attached hydrogens (primary N) is 1. The van der Waals surface area contributed by atoms with Crippen molar-refractivity contribution in [3.05, 3.63) is 29.8 Å². The van der Waals surface area contributed by atoms with Gasteiger partial charge in [0.15, 0.2) is 11.6 Å². The first kappa shape index (κ1) is 14.0. The van der Waals surface area contributed by atoms with E-state index >= 15 is 0 Å². The van der Waals surface area contributed by atoms with Gasteiger partial charge in [0.25, 0.3) is 0 Å². The van der Waals surface area contributed by atoms with Gasteiger partial charge in [-0.15, -0.1) is 0 Å². The standard InChI is InChI=1S/C10H14F2N2O2S/c11-9-4-3-8(7-10(9)12)17(15,16)14-6-2-1-5-13/h3-4,7,14H,1-2,5-6,13H2. The Morgan fingerprint density at radius 3 is 2.47 bits per heavy atom. The summed E-state index contributed by atoms with van der Waals surface area (Å²) in [6, 6.07) is 2.45. The van der Waals surface area contributed by atoms with Gasteiger partial charge in [-0.3, -0.25) is 0 Å². The summed E-state index contributed by atoms with van der Waals surface area (Å²) in [6.45, 7) is 0.700. The Morgan fingerprint density at radius 1 is 1.18 bits per heavy atom. The fourth-order valence-corrected chi connectivity index (χ4v) is 2.29. The SMILES string of the molecule is NCCCCNS(=O)(=O)c1ccc(F)c(F)c1. The second-order valence-corrected chi connectivity index (χ2v) is 5.24. The molecule has 0 radical (unpaired) electrons. The molecule has 1 aromatic rings. The Bertz CT molecular complexity index is 477. The van der Waals surface area contributed by atoms with E-state index in [0.717, 1.165) is 12.1 Å². The molecule has 0 unspecified atom stereocenters. The van der Waals surface area contributed by atoms with Crippen LogP contribution in [0.25, 0.3) is 0 Å². The maximum absolute atomic E-state index is 12.9. The average molecular weight is 264 g/mol. The molecule has 0 saturated carbocycles. The zero-order chi connectivity index (χ0) is 12.9. The topological polar surface area (TPSA) is 72.2 Å². The second kappa shape index (κ2) is 6.04. The van der Waals surface area contributed by atoms with Crippen molar-refractivity contribution in [2.45, 2.75) is 17.7 Å². The summed E-state index contributed by atoms with van der Waals surface area (Å²) in [5.74, 6) is -2.26. The molecule has 0 atom stereocenters. The molecule has 17 heavy (non-hydrogen) atoms. The predicted molar refractivity (Wildman–Crippen MR) is 59.8 cm³/mol. The number of unbranched alkanes of at least 4 members (excludes halogenated alkanes) is 1. The molecule has 0 heterocycles. The van der Waals surface area contributed by atoms with Crippen molar-refractivity contribution >= 4 is 10.0 Å². The zero-order valence-electron chi connectivity index (χ0n) is 9.12. The lowest BCUT2D eigenvalue weighted by Gasteiger charge is -2.06. The molecule has 0 bridgehead atoms. The molecule has 0 aromatic heterocycles. The van der Waals surface area contributed by atoms with Gasteiger partial charge in [0.2, 0.25) is 10.0 Å². The van der Waals surface area contributed by atoms with Crippen LogP contribution in [0.3, 0.4) is 0 Å². The molecule has 0 aliphatic rings. The van der Waals surface area contributed by atoms with Crippen LogP contribution in [0.1, 0.15) is 12.8 Å². The van der Waals surface area contributed by atoms with Gasteiger partial charge in [-0.05, 0) is 37.6 Å². The van der Waals surface area contributed by atoms with Crippen molar-refractivity contribution in [3.8, 4) is 0 Å². The van der Waals surface area contributed by atoms with Crippen molar-refractivity contribution < 1.29 is 17.2 Å². The number of benzene rings is 1. The summed E-state index contributed by atoms with van der Waals surface area (Å²) in [4.78, 5) is -0.288. The smallest absolute Gasteiger partial charge is 0.240 e. The maximum atomic E-state index is 12.9. The lowest BCUT2D eigenvalue weighted by atomic mass is 10.3. The van der Waals surface area contributed by atoms with Crippen LogP contribution in [-0.2, 0) is 10.0 Å². The van der Waals surface area contributed by atoms with Crippen LogP contribution < -0.4 is 10.5 Å². The summed E-state index contributed by atoms with van der Waals surface area (Å²) >= 11 is 0. The highest BCUT2D eigenvalue weighted by molar-refractivity contribution is 7.89. The molecule has 3 N–H and O–H groups in total. The highest BCUT2D eigenvalue weighted by Gasteiger charge is 2.15. The first-order valence-corrected chi connectivity index (χ1v) is 6.60. The van der Waals surface area contributed by atoms with E-state index in [9.17, 15) is 17.2 Å². The molecule has 7 heteroatoms. The second-order valence-electron chi connectivity index (χ2n) is 3.47. The van der Waals surface area contributed by atoms with Crippen molar-refractivity contribution in [2.75, 3.05) is 13.1 Å². The Balaban J connectivity index is 2.72. The van der Waals surface area contributed by atoms with Gasteiger partial charge >= 0.3 is 0 Å². The quantitative estimate of drug-likeness (QED) is 0.752. The number of rotatable bonds is 6. The molecular weight excluding hydrogens is 250 g/mol. The fraction of sp³-hybridized carbons (Fsp3) is 0.400. The Labute approximate surface area is 98.9 Å². The third-order valence-corrected chi connectivity index (χ3v) is 3.58. The summed E-state index contributed by atoms with van der Waals surface area (Å²) < 4.78 is 51.0. The molecule has 0 spiro atoms. The van der Waals surface area contributed by atoms with Crippen molar-refractivity contribution in [2.24, 2.45) is 5.73 Å². The highest BCUT2D eigenvalue weighted by Crippen LogP contribution is 2.13. The fourth-order valence-electron chi connectivity index (χ4n) is 1.20. The van der Waals surface area contributed by atoms with E-state index in [2.05, 4.69) is 4.72 Å². The maximum Gasteiger partial charge on any atom is 0.240 e. The lowest BCUT2D eigenvalue weighted by Crippen LogP contribution is -2.25. The van der Waals surface area contributed by atoms with Crippen molar-refractivity contribution in [1.29, 1.82) is 0 Å². The van der Waals surface area contributed by atoms with Gasteiger partial charge in [-0.2, -0.15) is 0 Å². The van der Waals surface area contributed by atoms with E-state index in [4.69, 9.17) is 5.73 Å². The summed E-state index contributed by atoms with van der Waals surface area (Å²) in [7, 11) is -3.78. The molecule has 0 fully saturated rings. The molecule has 0 aliphatic heterocycles. The minimum atomic E-state index is -3.78. The highest BCUT2D eigenvalue weighted by atomic mass is 32.2. The molecule has 4 nitrogen and oxygen atoms in total. The van der Waals surface area contributed by atoms with Gasteiger partial charge in [-0.25, -0.2) is 21.9 Å². The van der Waals surface area contributed by atoms with Gasteiger partial charge in [-0.1, -0.05) is 0 Å². The number of sulfonamides is 1. The minimum Gasteiger partial charge on any atom is -0.330 e. The van der Waals surface area contributed by atoms with Crippen LogP contribution in [0, 0.1) is 11.6 Å². The van der Waals surface area contributed by atoms with E-state index in [1.54, 1.807) is 0 Å². The average Bonchev–Trinajstić information content (AvgIpc) is 2.28. The third kappa shape index (κ3) is 4.03. The number of hydrogen-bond acceptors (Lipinski definition) is 3. The monoisotopic (exact) mass is 264 g/mol. The van der Waals surface area contributed by atoms with Crippen LogP contribution in [0.4, 0.5) is 8.78 Å². The van der Waals surface area contributed by atoms with E-state index in [0.29, 0.717) is 25.5 Å². The summed E-state index contributed by atoms with van der Waals surface area (Å²) in [6.07, 6.45) is 1.29. The van der Waals surface area contributed by atoms with Gasteiger partial charge in [0.05, 0.1) is 4.90 Å². The number of nitrogens with one attached hydrogen (secondary N) is 1. The van der Waals surface area contributed by atoms with Gasteiger partial charge in [0, 0.05) is 6.54 Å². The van der Waals surface area contributed by atoms with Crippen molar-refractivity contribution in [3.63, 3.8) is 0 Å². The number of hydrogen-bond donors (Lipinski definition) is 2. The first-order valence-electron chi connectivity index (χ1n) is 5.12. The van der Waals surface area contributed by atoms with E-state index in [-0.39, 0.29) is 11.4 Å². The van der Waals surface area contributed by atoms with E-state index in [1.165, 1.54) is 0 Å². The normalized spacial score (nSPS) is 11.7. The third-order valence-electron chi connectivity index (χ3n) is 2.12. The number of halogens is 2. The summed E-state index contributed by atoms with van der Waals surface area (Å²) in [5, 5.41) is 0. The Kier molecular flexibility index (Phi) is 4.98. The largest absolute Gasteiger partial charge is 0.330 e. The van der Waals surface area contributed by atoms with E-state index < -0.39 is 21.7 Å². The Hall–Kier alpha value is -1.05. The molecule has 1 rings (SSSR count). The molecule has 96 valence electrons. The first-order chi connectivity index (χ1) is 7.97. The minimum absolute atomic E-state index is 0.221. The van der Waals surface area contributed by atoms with Crippen LogP contribution >= 0.6 is 0 Å². The van der Waals surface area contributed by atoms with Crippen LogP contribution in [0.15, 0.2) is 23.1 Å². The molecule has 0 amide bonds. The van der Waals surface area contributed by atoms with Crippen molar-refractivity contribution in [1.82, 2.24) is 4.72 Å². The van der Waals surface area contributed by atoms with Crippen LogP contribution in [0.2, 0.25) is 0 Å². The molecule has 0 saturated heterocycles. The lowest BCUT2D eigenvalue weighted by molar-refractivity contribution is 0.504.